The highest BCUT2D eigenvalue weighted by molar-refractivity contribution is 6.31. The van der Waals surface area contributed by atoms with Gasteiger partial charge in [0.25, 0.3) is 0 Å². The van der Waals surface area contributed by atoms with Crippen molar-refractivity contribution < 1.29 is 4.79 Å². The molecule has 7 heteroatoms. The highest BCUT2D eigenvalue weighted by Crippen LogP contribution is 2.22. The number of nitrogen functional groups attached to an aromatic ring is 1. The first-order valence-electron chi connectivity index (χ1n) is 6.04. The summed E-state index contributed by atoms with van der Waals surface area (Å²) in [6.45, 7) is 0.311. The average Bonchev–Trinajstić information content (AvgIpc) is 2.72. The predicted molar refractivity (Wildman–Crippen MR) is 78.8 cm³/mol. The van der Waals surface area contributed by atoms with Crippen LogP contribution in [0.1, 0.15) is 6.42 Å². The Balaban J connectivity index is 1.98. The van der Waals surface area contributed by atoms with Crippen molar-refractivity contribution >= 4 is 28.9 Å². The van der Waals surface area contributed by atoms with Crippen LogP contribution in [-0.4, -0.2) is 15.0 Å². The zero-order chi connectivity index (χ0) is 14.7. The van der Waals surface area contributed by atoms with Crippen LogP contribution in [-0.2, 0) is 18.4 Å². The molecular weight excluding hydrogens is 280 g/mol. The van der Waals surface area contributed by atoms with Crippen LogP contribution >= 0.6 is 11.6 Å². The Morgan fingerprint density at radius 3 is 2.80 bits per heavy atom. The van der Waals surface area contributed by atoms with Crippen molar-refractivity contribution in [3.05, 3.63) is 46.1 Å². The number of anilines is 2. The number of carbonyl (C=O) groups excluding carboxylic acids is 1. The van der Waals surface area contributed by atoms with E-state index >= 15 is 0 Å². The molecule has 0 aliphatic heterocycles. The van der Waals surface area contributed by atoms with E-state index in [4.69, 9.17) is 17.3 Å². The van der Waals surface area contributed by atoms with Gasteiger partial charge in [-0.25, -0.2) is 4.79 Å². The van der Waals surface area contributed by atoms with E-state index in [0.29, 0.717) is 22.9 Å². The standard InChI is InChI=1S/C13H15ClN4O2/c1-17-6-7-18(13(17)20)5-4-12(19)16-11-8-9(14)2-3-10(11)15/h2-3,6-8H,4-5,15H2,1H3,(H,16,19). The third-order valence-corrected chi connectivity index (χ3v) is 3.12. The number of nitrogens with zero attached hydrogens (tertiary/aromatic N) is 2. The molecule has 1 heterocycles. The fourth-order valence-corrected chi connectivity index (χ4v) is 1.92. The van der Waals surface area contributed by atoms with Crippen LogP contribution in [0.5, 0.6) is 0 Å². The zero-order valence-electron chi connectivity index (χ0n) is 11.0. The van der Waals surface area contributed by atoms with Gasteiger partial charge in [0.05, 0.1) is 11.4 Å². The minimum atomic E-state index is -0.227. The smallest absolute Gasteiger partial charge is 0.327 e. The predicted octanol–water partition coefficient (Wildman–Crippen LogP) is 1.45. The third-order valence-electron chi connectivity index (χ3n) is 2.89. The van der Waals surface area contributed by atoms with E-state index in [-0.39, 0.29) is 18.0 Å². The minimum Gasteiger partial charge on any atom is -0.397 e. The van der Waals surface area contributed by atoms with Crippen molar-refractivity contribution in [1.29, 1.82) is 0 Å². The van der Waals surface area contributed by atoms with Gasteiger partial charge in [-0.05, 0) is 18.2 Å². The van der Waals surface area contributed by atoms with Crippen LogP contribution < -0.4 is 16.7 Å². The van der Waals surface area contributed by atoms with E-state index < -0.39 is 0 Å². The maximum Gasteiger partial charge on any atom is 0.327 e. The number of benzene rings is 1. The molecule has 3 N–H and O–H groups in total. The summed E-state index contributed by atoms with van der Waals surface area (Å²) >= 11 is 5.84. The minimum absolute atomic E-state index is 0.153. The van der Waals surface area contributed by atoms with Crippen LogP contribution in [0.3, 0.4) is 0 Å². The van der Waals surface area contributed by atoms with Gasteiger partial charge in [0.15, 0.2) is 0 Å². The molecule has 106 valence electrons. The first-order valence-corrected chi connectivity index (χ1v) is 6.42. The summed E-state index contributed by atoms with van der Waals surface area (Å²) in [4.78, 5) is 23.4. The second-order valence-corrected chi connectivity index (χ2v) is 4.85. The lowest BCUT2D eigenvalue weighted by Gasteiger charge is -2.08. The molecule has 0 spiro atoms. The normalized spacial score (nSPS) is 10.5. The lowest BCUT2D eigenvalue weighted by molar-refractivity contribution is -0.116. The van der Waals surface area contributed by atoms with Crippen molar-refractivity contribution in [2.24, 2.45) is 7.05 Å². The van der Waals surface area contributed by atoms with Gasteiger partial charge in [0.2, 0.25) is 5.91 Å². The molecule has 1 amide bonds. The number of aromatic nitrogens is 2. The van der Waals surface area contributed by atoms with Crippen LogP contribution in [0.25, 0.3) is 0 Å². The fourth-order valence-electron chi connectivity index (χ4n) is 1.75. The van der Waals surface area contributed by atoms with E-state index in [0.717, 1.165) is 0 Å². The maximum atomic E-state index is 11.8. The van der Waals surface area contributed by atoms with E-state index in [1.165, 1.54) is 9.13 Å². The van der Waals surface area contributed by atoms with Crippen molar-refractivity contribution in [3.63, 3.8) is 0 Å². The molecule has 0 fully saturated rings. The van der Waals surface area contributed by atoms with Gasteiger partial charge in [-0.15, -0.1) is 0 Å². The number of aryl methyl sites for hydroxylation is 2. The molecule has 0 saturated heterocycles. The number of halogens is 1. The topological polar surface area (TPSA) is 82.1 Å². The number of nitrogens with two attached hydrogens (primary N) is 1. The van der Waals surface area contributed by atoms with Crippen molar-refractivity contribution in [3.8, 4) is 0 Å². The maximum absolute atomic E-state index is 11.8. The van der Waals surface area contributed by atoms with Gasteiger partial charge in [0.1, 0.15) is 0 Å². The van der Waals surface area contributed by atoms with E-state index in [1.54, 1.807) is 37.6 Å². The quantitative estimate of drug-likeness (QED) is 0.837. The first kappa shape index (κ1) is 14.2. The molecule has 0 atom stereocenters. The average molecular weight is 295 g/mol. The summed E-state index contributed by atoms with van der Waals surface area (Å²) in [7, 11) is 1.66. The highest BCUT2D eigenvalue weighted by atomic mass is 35.5. The van der Waals surface area contributed by atoms with Gasteiger partial charge in [-0.3, -0.25) is 9.36 Å². The van der Waals surface area contributed by atoms with Crippen molar-refractivity contribution in [2.45, 2.75) is 13.0 Å². The summed E-state index contributed by atoms with van der Waals surface area (Å²) in [5, 5.41) is 3.17. The number of imidazole rings is 1. The Morgan fingerprint density at radius 2 is 2.15 bits per heavy atom. The van der Waals surface area contributed by atoms with E-state index in [9.17, 15) is 9.59 Å². The second-order valence-electron chi connectivity index (χ2n) is 4.41. The molecule has 20 heavy (non-hydrogen) atoms. The monoisotopic (exact) mass is 294 g/mol. The number of nitrogens with one attached hydrogen (secondary N) is 1. The number of hydrogen-bond donors (Lipinski definition) is 2. The van der Waals surface area contributed by atoms with Crippen LogP contribution in [0.4, 0.5) is 11.4 Å². The van der Waals surface area contributed by atoms with E-state index in [2.05, 4.69) is 5.32 Å². The lowest BCUT2D eigenvalue weighted by Crippen LogP contribution is -2.24. The number of amides is 1. The highest BCUT2D eigenvalue weighted by Gasteiger charge is 2.07. The number of hydrogen-bond acceptors (Lipinski definition) is 3. The SMILES string of the molecule is Cn1ccn(CCC(=O)Nc2cc(Cl)ccc2N)c1=O. The Bertz CT molecular complexity index is 690. The van der Waals surface area contributed by atoms with Gasteiger partial charge in [-0.1, -0.05) is 11.6 Å². The van der Waals surface area contributed by atoms with Gasteiger partial charge in [-0.2, -0.15) is 0 Å². The summed E-state index contributed by atoms with van der Waals surface area (Å²) in [6, 6.07) is 4.86. The Labute approximate surface area is 120 Å². The largest absolute Gasteiger partial charge is 0.397 e. The lowest BCUT2D eigenvalue weighted by atomic mass is 10.2. The number of carbonyl (C=O) groups is 1. The molecule has 0 radical (unpaired) electrons. The molecule has 0 aliphatic rings. The van der Waals surface area contributed by atoms with Gasteiger partial charge < -0.3 is 15.6 Å². The molecule has 0 saturated carbocycles. The summed E-state index contributed by atoms with van der Waals surface area (Å²) in [6.07, 6.45) is 3.47. The summed E-state index contributed by atoms with van der Waals surface area (Å²) < 4.78 is 2.92. The molecule has 1 aromatic heterocycles. The van der Waals surface area contributed by atoms with Crippen LogP contribution in [0.15, 0.2) is 35.4 Å². The molecule has 0 aliphatic carbocycles. The Morgan fingerprint density at radius 1 is 1.40 bits per heavy atom. The molecule has 2 rings (SSSR count). The van der Waals surface area contributed by atoms with Gasteiger partial charge in [0, 0.05) is 37.4 Å². The summed E-state index contributed by atoms with van der Waals surface area (Å²) in [5.41, 5.74) is 6.51. The first-order chi connectivity index (χ1) is 9.47. The number of rotatable bonds is 4. The molecule has 1 aromatic carbocycles. The third kappa shape index (κ3) is 3.21. The molecule has 2 aromatic rings. The van der Waals surface area contributed by atoms with E-state index in [1.807, 2.05) is 0 Å². The van der Waals surface area contributed by atoms with Crippen LogP contribution in [0, 0.1) is 0 Å². The Kier molecular flexibility index (Phi) is 4.14. The zero-order valence-corrected chi connectivity index (χ0v) is 11.7. The van der Waals surface area contributed by atoms with Crippen molar-refractivity contribution in [2.75, 3.05) is 11.1 Å². The Hall–Kier alpha value is -2.21. The molecular formula is C13H15ClN4O2. The van der Waals surface area contributed by atoms with Crippen LogP contribution in [0.2, 0.25) is 5.02 Å². The fraction of sp³-hybridized carbons (Fsp3) is 0.231. The second kappa shape index (κ2) is 5.83. The molecule has 0 unspecified atom stereocenters. The molecule has 0 bridgehead atoms. The van der Waals surface area contributed by atoms with Gasteiger partial charge >= 0.3 is 5.69 Å². The molecule has 6 nitrogen and oxygen atoms in total. The summed E-state index contributed by atoms with van der Waals surface area (Å²) in [5.74, 6) is -0.227. The van der Waals surface area contributed by atoms with Crippen molar-refractivity contribution in [1.82, 2.24) is 9.13 Å².